The molecule has 4 aromatic rings. The summed E-state index contributed by atoms with van der Waals surface area (Å²) in [5.74, 6) is 2.53. The zero-order valence-electron chi connectivity index (χ0n) is 26.6. The SMILES string of the molecule is C=CC(=O)N=C1N=C2C=CC(CCCCC3N=C(c4ccc(Cl)cc4)c4c(sc(C)c4C)-n4c(C)nnc43)=CN2Cc2ccccc21. The van der Waals surface area contributed by atoms with E-state index in [4.69, 9.17) is 21.6 Å². The number of nitrogens with zero attached hydrogens (tertiary/aromatic N) is 7. The summed E-state index contributed by atoms with van der Waals surface area (Å²) in [5.41, 5.74) is 7.57. The van der Waals surface area contributed by atoms with E-state index in [0.29, 0.717) is 17.4 Å². The van der Waals surface area contributed by atoms with Crippen LogP contribution in [0.25, 0.3) is 5.00 Å². The lowest BCUT2D eigenvalue weighted by atomic mass is 9.99. The van der Waals surface area contributed by atoms with Gasteiger partial charge in [0.1, 0.15) is 22.7 Å². The molecule has 47 heavy (non-hydrogen) atoms. The maximum Gasteiger partial charge on any atom is 0.271 e. The zero-order valence-corrected chi connectivity index (χ0v) is 28.1. The first kappa shape index (κ1) is 30.9. The Morgan fingerprint density at radius 1 is 1.09 bits per heavy atom. The topological polar surface area (TPSA) is 88.1 Å². The third kappa shape index (κ3) is 5.97. The molecule has 8 nitrogen and oxygen atoms in total. The van der Waals surface area contributed by atoms with Gasteiger partial charge in [-0.2, -0.15) is 4.99 Å². The Hall–Kier alpha value is -4.73. The van der Waals surface area contributed by atoms with Crippen molar-refractivity contribution >= 4 is 46.2 Å². The molecule has 10 heteroatoms. The molecule has 1 atom stereocenters. The Morgan fingerprint density at radius 3 is 2.70 bits per heavy atom. The number of amidine groups is 2. The molecule has 0 saturated heterocycles. The number of unbranched alkanes of at least 4 members (excludes halogenated alkanes) is 1. The number of aromatic nitrogens is 3. The summed E-state index contributed by atoms with van der Waals surface area (Å²) < 4.78 is 2.21. The molecule has 1 amide bonds. The van der Waals surface area contributed by atoms with Crippen LogP contribution in [0, 0.1) is 20.8 Å². The normalized spacial score (nSPS) is 17.4. The first-order chi connectivity index (χ1) is 22.8. The van der Waals surface area contributed by atoms with Crippen molar-refractivity contribution < 1.29 is 4.79 Å². The van der Waals surface area contributed by atoms with E-state index >= 15 is 0 Å². The van der Waals surface area contributed by atoms with Gasteiger partial charge in [-0.1, -0.05) is 67.1 Å². The maximum atomic E-state index is 12.1. The molecule has 0 spiro atoms. The molecule has 1 unspecified atom stereocenters. The molecular formula is C37H34ClN7OS. The van der Waals surface area contributed by atoms with Crippen molar-refractivity contribution in [2.45, 2.75) is 59.0 Å². The fourth-order valence-corrected chi connectivity index (χ4v) is 7.62. The average molecular weight is 660 g/mol. The van der Waals surface area contributed by atoms with Crippen molar-refractivity contribution in [3.8, 4) is 5.00 Å². The van der Waals surface area contributed by atoms with Crippen molar-refractivity contribution in [3.05, 3.63) is 134 Å². The third-order valence-electron chi connectivity index (χ3n) is 8.82. The van der Waals surface area contributed by atoms with Crippen molar-refractivity contribution in [2.24, 2.45) is 15.0 Å². The molecule has 0 radical (unpaired) electrons. The van der Waals surface area contributed by atoms with E-state index in [-0.39, 0.29) is 6.04 Å². The van der Waals surface area contributed by atoms with Gasteiger partial charge in [-0.05, 0) is 81.0 Å². The lowest BCUT2D eigenvalue weighted by Gasteiger charge is -2.23. The Balaban J connectivity index is 1.12. The van der Waals surface area contributed by atoms with Crippen LogP contribution >= 0.6 is 22.9 Å². The van der Waals surface area contributed by atoms with Gasteiger partial charge in [-0.25, -0.2) is 4.99 Å². The number of hydrogen-bond donors (Lipinski definition) is 0. The van der Waals surface area contributed by atoms with Crippen LogP contribution in [0.2, 0.25) is 5.02 Å². The van der Waals surface area contributed by atoms with Crippen molar-refractivity contribution in [1.82, 2.24) is 19.7 Å². The van der Waals surface area contributed by atoms with Crippen LogP contribution < -0.4 is 0 Å². The van der Waals surface area contributed by atoms with Crippen LogP contribution in [0.1, 0.15) is 76.1 Å². The van der Waals surface area contributed by atoms with E-state index in [2.05, 4.69) is 75.6 Å². The standard InChI is InChI=1S/C37H34ClN7OS/c1-5-32(46)41-35-29-12-8-7-11-27(29)21-44-20-25(14-19-31(44)40-35)10-6-9-13-30-36-43-42-24(4)45(36)37-33(22(2)23(3)47-37)34(39-30)26-15-17-28(38)18-16-26/h5,7-8,11-12,14-20,30H,1,6,9-10,13,21H2,2-4H3. The van der Waals surface area contributed by atoms with E-state index in [1.807, 2.05) is 43.3 Å². The molecule has 3 aliphatic heterocycles. The quantitative estimate of drug-likeness (QED) is 0.148. The predicted molar refractivity (Wildman–Crippen MR) is 190 cm³/mol. The Morgan fingerprint density at radius 2 is 1.89 bits per heavy atom. The molecule has 0 N–H and O–H groups in total. The second kappa shape index (κ2) is 12.8. The van der Waals surface area contributed by atoms with Gasteiger partial charge in [0.2, 0.25) is 0 Å². The highest BCUT2D eigenvalue weighted by Crippen LogP contribution is 2.40. The molecule has 236 valence electrons. The van der Waals surface area contributed by atoms with Crippen LogP contribution in [0.3, 0.4) is 0 Å². The second-order valence-electron chi connectivity index (χ2n) is 11.9. The van der Waals surface area contributed by atoms with Crippen LogP contribution in [0.4, 0.5) is 0 Å². The number of hydrogen-bond acceptors (Lipinski definition) is 6. The highest BCUT2D eigenvalue weighted by molar-refractivity contribution is 7.15. The monoisotopic (exact) mass is 659 g/mol. The van der Waals surface area contributed by atoms with Crippen molar-refractivity contribution in [1.29, 1.82) is 0 Å². The summed E-state index contributed by atoms with van der Waals surface area (Å²) >= 11 is 8.04. The molecule has 0 saturated carbocycles. The van der Waals surface area contributed by atoms with E-state index in [9.17, 15) is 4.79 Å². The number of thiophene rings is 1. The van der Waals surface area contributed by atoms with E-state index in [1.165, 1.54) is 22.1 Å². The third-order valence-corrected chi connectivity index (χ3v) is 10.3. The number of amides is 1. The number of allylic oxidation sites excluding steroid dienone is 2. The van der Waals surface area contributed by atoms with Crippen molar-refractivity contribution in [3.63, 3.8) is 0 Å². The summed E-state index contributed by atoms with van der Waals surface area (Å²) in [6.45, 7) is 10.6. The smallest absolute Gasteiger partial charge is 0.271 e. The Kier molecular flexibility index (Phi) is 8.42. The number of aliphatic imine (C=N–C) groups is 3. The van der Waals surface area contributed by atoms with Gasteiger partial charge >= 0.3 is 0 Å². The molecule has 0 bridgehead atoms. The van der Waals surface area contributed by atoms with Gasteiger partial charge in [0, 0.05) is 39.3 Å². The fourth-order valence-electron chi connectivity index (χ4n) is 6.28. The van der Waals surface area contributed by atoms with E-state index in [1.54, 1.807) is 11.3 Å². The summed E-state index contributed by atoms with van der Waals surface area (Å²) in [4.78, 5) is 29.9. The lowest BCUT2D eigenvalue weighted by Crippen LogP contribution is -2.25. The van der Waals surface area contributed by atoms with Gasteiger partial charge in [0.15, 0.2) is 11.7 Å². The number of rotatable bonds is 7. The number of benzene rings is 2. The Labute approximate surface area is 283 Å². The lowest BCUT2D eigenvalue weighted by molar-refractivity contribution is -0.113. The van der Waals surface area contributed by atoms with Crippen LogP contribution in [0.5, 0.6) is 0 Å². The van der Waals surface area contributed by atoms with Gasteiger partial charge in [-0.3, -0.25) is 14.4 Å². The largest absolute Gasteiger partial charge is 0.328 e. The maximum absolute atomic E-state index is 12.1. The average Bonchev–Trinajstić information content (AvgIpc) is 3.48. The summed E-state index contributed by atoms with van der Waals surface area (Å²) in [6.07, 6.45) is 11.2. The molecule has 3 aliphatic rings. The first-order valence-electron chi connectivity index (χ1n) is 15.7. The highest BCUT2D eigenvalue weighted by Gasteiger charge is 2.31. The minimum atomic E-state index is -0.406. The fraction of sp³-hybridized carbons (Fsp3) is 0.243. The van der Waals surface area contributed by atoms with Gasteiger partial charge in [-0.15, -0.1) is 21.5 Å². The minimum Gasteiger partial charge on any atom is -0.328 e. The van der Waals surface area contributed by atoms with Crippen molar-refractivity contribution in [2.75, 3.05) is 0 Å². The number of halogens is 1. The van der Waals surface area contributed by atoms with Crippen LogP contribution in [0.15, 0.2) is 100 Å². The van der Waals surface area contributed by atoms with Gasteiger partial charge < -0.3 is 4.90 Å². The number of aryl methyl sites for hydroxylation is 2. The molecule has 5 heterocycles. The first-order valence-corrected chi connectivity index (χ1v) is 16.9. The predicted octanol–water partition coefficient (Wildman–Crippen LogP) is 8.19. The molecule has 2 aromatic carbocycles. The van der Waals surface area contributed by atoms with Gasteiger partial charge in [0.05, 0.1) is 5.71 Å². The van der Waals surface area contributed by atoms with E-state index in [0.717, 1.165) is 76.1 Å². The number of carbonyl (C=O) groups is 1. The number of fused-ring (bicyclic) bond motifs is 5. The van der Waals surface area contributed by atoms with Crippen LogP contribution in [-0.2, 0) is 11.3 Å². The minimum absolute atomic E-state index is 0.131. The second-order valence-corrected chi connectivity index (χ2v) is 13.6. The Bertz CT molecular complexity index is 2060. The van der Waals surface area contributed by atoms with Crippen LogP contribution in [-0.4, -0.2) is 43.0 Å². The molecule has 0 aliphatic carbocycles. The summed E-state index contributed by atoms with van der Waals surface area (Å²) in [5, 5.41) is 11.0. The molecule has 2 aromatic heterocycles. The molecule has 0 fully saturated rings. The number of carbonyl (C=O) groups excluding carboxylic acids is 1. The van der Waals surface area contributed by atoms with Gasteiger partial charge in [0.25, 0.3) is 5.91 Å². The van der Waals surface area contributed by atoms with E-state index < -0.39 is 5.91 Å². The summed E-state index contributed by atoms with van der Waals surface area (Å²) in [6, 6.07) is 15.8. The highest BCUT2D eigenvalue weighted by atomic mass is 35.5. The molecule has 7 rings (SSSR count). The molecular weight excluding hydrogens is 626 g/mol. The summed E-state index contributed by atoms with van der Waals surface area (Å²) in [7, 11) is 0. The zero-order chi connectivity index (χ0) is 32.7.